The van der Waals surface area contributed by atoms with Gasteiger partial charge in [0.1, 0.15) is 13.2 Å². The molecule has 0 fully saturated rings. The number of anilines is 2. The average Bonchev–Trinajstić information content (AvgIpc) is 3.16. The van der Waals surface area contributed by atoms with Gasteiger partial charge in [-0.25, -0.2) is 4.98 Å². The number of nitrogens with zero attached hydrogens (tertiary/aromatic N) is 1. The Labute approximate surface area is 165 Å². The smallest absolute Gasteiger partial charge is 0.261 e. The Balaban J connectivity index is 1.49. The molecule has 0 saturated heterocycles. The molecule has 2 heterocycles. The first-order chi connectivity index (χ1) is 13.6. The lowest BCUT2D eigenvalue weighted by Crippen LogP contribution is -2.20. The van der Waals surface area contributed by atoms with Crippen LogP contribution in [0.2, 0.25) is 0 Å². The van der Waals surface area contributed by atoms with E-state index < -0.39 is 0 Å². The fourth-order valence-electron chi connectivity index (χ4n) is 2.81. The first kappa shape index (κ1) is 18.0. The summed E-state index contributed by atoms with van der Waals surface area (Å²) < 4.78 is 11.1. The number of hydrogen-bond acceptors (Lipinski definition) is 6. The Bertz CT molecular complexity index is 1030. The SMILES string of the molecule is CC(=O)Nc1ccc(-c2csc(NC(=O)c3cccc4c3OCCO4)n2)cc1. The monoisotopic (exact) mass is 395 g/mol. The number of aromatic nitrogens is 1. The van der Waals surface area contributed by atoms with Gasteiger partial charge in [-0.3, -0.25) is 14.9 Å². The van der Waals surface area contributed by atoms with Gasteiger partial charge < -0.3 is 14.8 Å². The summed E-state index contributed by atoms with van der Waals surface area (Å²) in [6.45, 7) is 2.34. The zero-order valence-corrected chi connectivity index (χ0v) is 15.8. The zero-order valence-electron chi connectivity index (χ0n) is 15.0. The first-order valence-corrected chi connectivity index (χ1v) is 9.51. The molecule has 1 aromatic heterocycles. The Morgan fingerprint density at radius 3 is 2.61 bits per heavy atom. The second kappa shape index (κ2) is 7.69. The van der Waals surface area contributed by atoms with E-state index in [9.17, 15) is 9.59 Å². The molecule has 28 heavy (non-hydrogen) atoms. The number of fused-ring (bicyclic) bond motifs is 1. The standard InChI is InChI=1S/C20H17N3O4S/c1-12(24)21-14-7-5-13(6-8-14)16-11-28-20(22-16)23-19(25)15-3-2-4-17-18(15)27-10-9-26-17/h2-8,11H,9-10H2,1H3,(H,21,24)(H,22,23,25). The fourth-order valence-corrected chi connectivity index (χ4v) is 3.52. The number of thiazole rings is 1. The maximum absolute atomic E-state index is 12.7. The van der Waals surface area contributed by atoms with Gasteiger partial charge in [-0.05, 0) is 24.3 Å². The second-order valence-electron chi connectivity index (χ2n) is 6.08. The van der Waals surface area contributed by atoms with Crippen LogP contribution in [0.15, 0.2) is 47.8 Å². The van der Waals surface area contributed by atoms with Gasteiger partial charge in [-0.15, -0.1) is 11.3 Å². The van der Waals surface area contributed by atoms with E-state index in [1.165, 1.54) is 18.3 Å². The minimum atomic E-state index is -0.302. The predicted molar refractivity (Wildman–Crippen MR) is 107 cm³/mol. The van der Waals surface area contributed by atoms with Crippen LogP contribution in [0.1, 0.15) is 17.3 Å². The molecule has 2 amide bonds. The van der Waals surface area contributed by atoms with Crippen LogP contribution < -0.4 is 20.1 Å². The minimum absolute atomic E-state index is 0.121. The summed E-state index contributed by atoms with van der Waals surface area (Å²) in [7, 11) is 0. The van der Waals surface area contributed by atoms with Gasteiger partial charge in [0.15, 0.2) is 16.6 Å². The summed E-state index contributed by atoms with van der Waals surface area (Å²) in [6.07, 6.45) is 0. The van der Waals surface area contributed by atoms with Crippen LogP contribution in [0.5, 0.6) is 11.5 Å². The van der Waals surface area contributed by atoms with E-state index >= 15 is 0 Å². The lowest BCUT2D eigenvalue weighted by Gasteiger charge is -2.20. The molecule has 0 spiro atoms. The van der Waals surface area contributed by atoms with E-state index in [1.54, 1.807) is 18.2 Å². The van der Waals surface area contributed by atoms with Gasteiger partial charge in [-0.2, -0.15) is 0 Å². The Kier molecular flexibility index (Phi) is 4.94. The number of amides is 2. The number of para-hydroxylation sites is 1. The molecule has 0 aliphatic carbocycles. The molecular formula is C20H17N3O4S. The largest absolute Gasteiger partial charge is 0.486 e. The van der Waals surface area contributed by atoms with E-state index in [0.717, 1.165) is 16.9 Å². The fraction of sp³-hybridized carbons (Fsp3) is 0.150. The molecule has 0 saturated carbocycles. The van der Waals surface area contributed by atoms with Crippen LogP contribution >= 0.6 is 11.3 Å². The van der Waals surface area contributed by atoms with Crippen LogP contribution in [-0.4, -0.2) is 30.0 Å². The quantitative estimate of drug-likeness (QED) is 0.702. The van der Waals surface area contributed by atoms with E-state index in [2.05, 4.69) is 15.6 Å². The van der Waals surface area contributed by atoms with Crippen molar-refractivity contribution in [3.8, 4) is 22.8 Å². The molecule has 2 aromatic carbocycles. The lowest BCUT2D eigenvalue weighted by molar-refractivity contribution is -0.114. The van der Waals surface area contributed by atoms with Crippen molar-refractivity contribution in [2.45, 2.75) is 6.92 Å². The third-order valence-corrected chi connectivity index (χ3v) is 4.79. The first-order valence-electron chi connectivity index (χ1n) is 8.63. The van der Waals surface area contributed by atoms with Crippen LogP contribution in [0.4, 0.5) is 10.8 Å². The average molecular weight is 395 g/mol. The van der Waals surface area contributed by atoms with Crippen LogP contribution in [0.25, 0.3) is 11.3 Å². The van der Waals surface area contributed by atoms with Crippen molar-refractivity contribution in [3.63, 3.8) is 0 Å². The Hall–Kier alpha value is -3.39. The van der Waals surface area contributed by atoms with E-state index in [1.807, 2.05) is 29.6 Å². The number of benzene rings is 2. The van der Waals surface area contributed by atoms with Crippen molar-refractivity contribution < 1.29 is 19.1 Å². The number of carbonyl (C=O) groups is 2. The molecule has 0 atom stereocenters. The number of nitrogens with one attached hydrogen (secondary N) is 2. The molecule has 1 aliphatic rings. The molecule has 7 nitrogen and oxygen atoms in total. The highest BCUT2D eigenvalue weighted by Crippen LogP contribution is 2.34. The third kappa shape index (κ3) is 3.81. The second-order valence-corrected chi connectivity index (χ2v) is 6.94. The molecule has 4 rings (SSSR count). The van der Waals surface area contributed by atoms with E-state index in [4.69, 9.17) is 9.47 Å². The molecule has 8 heteroatoms. The van der Waals surface area contributed by atoms with Gasteiger partial charge in [0.05, 0.1) is 11.3 Å². The lowest BCUT2D eigenvalue weighted by atomic mass is 10.1. The summed E-state index contributed by atoms with van der Waals surface area (Å²) in [6, 6.07) is 12.6. The highest BCUT2D eigenvalue weighted by Gasteiger charge is 2.21. The maximum atomic E-state index is 12.7. The van der Waals surface area contributed by atoms with E-state index in [0.29, 0.717) is 35.4 Å². The van der Waals surface area contributed by atoms with Gasteiger partial charge in [-0.1, -0.05) is 18.2 Å². The number of ether oxygens (including phenoxy) is 2. The minimum Gasteiger partial charge on any atom is -0.486 e. The molecule has 1 aliphatic heterocycles. The topological polar surface area (TPSA) is 89.6 Å². The van der Waals surface area contributed by atoms with Crippen molar-refractivity contribution in [2.75, 3.05) is 23.8 Å². The van der Waals surface area contributed by atoms with Crippen molar-refractivity contribution >= 4 is 34.0 Å². The van der Waals surface area contributed by atoms with Crippen LogP contribution in [-0.2, 0) is 4.79 Å². The highest BCUT2D eigenvalue weighted by atomic mass is 32.1. The third-order valence-electron chi connectivity index (χ3n) is 4.04. The van der Waals surface area contributed by atoms with Crippen molar-refractivity contribution in [3.05, 3.63) is 53.4 Å². The summed E-state index contributed by atoms with van der Waals surface area (Å²) in [5.41, 5.74) is 2.76. The van der Waals surface area contributed by atoms with Gasteiger partial charge >= 0.3 is 0 Å². The van der Waals surface area contributed by atoms with Crippen molar-refractivity contribution in [1.29, 1.82) is 0 Å². The number of rotatable bonds is 4. The molecule has 142 valence electrons. The van der Waals surface area contributed by atoms with E-state index in [-0.39, 0.29) is 11.8 Å². The van der Waals surface area contributed by atoms with Crippen LogP contribution in [0, 0.1) is 0 Å². The molecule has 0 radical (unpaired) electrons. The van der Waals surface area contributed by atoms with Crippen molar-refractivity contribution in [1.82, 2.24) is 4.98 Å². The molecule has 3 aromatic rings. The Morgan fingerprint density at radius 2 is 1.82 bits per heavy atom. The summed E-state index contributed by atoms with van der Waals surface area (Å²) in [5, 5.41) is 7.88. The van der Waals surface area contributed by atoms with Crippen molar-refractivity contribution in [2.24, 2.45) is 0 Å². The maximum Gasteiger partial charge on any atom is 0.261 e. The van der Waals surface area contributed by atoms with Crippen LogP contribution in [0.3, 0.4) is 0 Å². The van der Waals surface area contributed by atoms with Gasteiger partial charge in [0.2, 0.25) is 5.91 Å². The predicted octanol–water partition coefficient (Wildman–Crippen LogP) is 3.79. The summed E-state index contributed by atoms with van der Waals surface area (Å²) in [4.78, 5) is 28.2. The summed E-state index contributed by atoms with van der Waals surface area (Å²) >= 11 is 1.33. The number of hydrogen-bond donors (Lipinski definition) is 2. The molecule has 0 unspecified atom stereocenters. The molecular weight excluding hydrogens is 378 g/mol. The molecule has 2 N–H and O–H groups in total. The summed E-state index contributed by atoms with van der Waals surface area (Å²) in [5.74, 6) is 0.600. The highest BCUT2D eigenvalue weighted by molar-refractivity contribution is 7.14. The number of carbonyl (C=O) groups excluding carboxylic acids is 2. The van der Waals surface area contributed by atoms with Gasteiger partial charge in [0.25, 0.3) is 5.91 Å². The zero-order chi connectivity index (χ0) is 19.5. The molecule has 0 bridgehead atoms. The Morgan fingerprint density at radius 1 is 1.04 bits per heavy atom. The normalized spacial score (nSPS) is 12.3. The van der Waals surface area contributed by atoms with Gasteiger partial charge in [0, 0.05) is 23.6 Å².